The standard InChI is InChI=1S/C14H27NO2/c1-11(2)12-4-3-5-14(16,8-12)13(9-15)6-7-17-10-13/h11-12,16H,3-10,15H2,1-2H3. The van der Waals surface area contributed by atoms with Crippen molar-refractivity contribution in [2.24, 2.45) is 23.0 Å². The van der Waals surface area contributed by atoms with E-state index < -0.39 is 5.60 Å². The van der Waals surface area contributed by atoms with Crippen LogP contribution in [0.5, 0.6) is 0 Å². The first-order chi connectivity index (χ1) is 8.03. The molecule has 0 bridgehead atoms. The molecule has 3 N–H and O–H groups in total. The quantitative estimate of drug-likeness (QED) is 0.794. The Morgan fingerprint density at radius 2 is 2.18 bits per heavy atom. The highest BCUT2D eigenvalue weighted by molar-refractivity contribution is 5.04. The number of ether oxygens (including phenoxy) is 1. The fourth-order valence-electron chi connectivity index (χ4n) is 3.67. The summed E-state index contributed by atoms with van der Waals surface area (Å²) in [7, 11) is 0. The molecule has 2 rings (SSSR count). The van der Waals surface area contributed by atoms with Gasteiger partial charge in [0.05, 0.1) is 12.2 Å². The molecule has 0 aromatic heterocycles. The zero-order valence-corrected chi connectivity index (χ0v) is 11.2. The monoisotopic (exact) mass is 241 g/mol. The summed E-state index contributed by atoms with van der Waals surface area (Å²) in [5.41, 5.74) is 5.19. The lowest BCUT2D eigenvalue weighted by Crippen LogP contribution is -2.55. The molecule has 0 radical (unpaired) electrons. The van der Waals surface area contributed by atoms with Gasteiger partial charge in [-0.1, -0.05) is 20.3 Å². The Hall–Kier alpha value is -0.120. The van der Waals surface area contributed by atoms with E-state index in [2.05, 4.69) is 13.8 Å². The van der Waals surface area contributed by atoms with Crippen molar-refractivity contribution in [2.75, 3.05) is 19.8 Å². The third kappa shape index (κ3) is 2.25. The van der Waals surface area contributed by atoms with Crippen molar-refractivity contribution in [1.29, 1.82) is 0 Å². The second kappa shape index (κ2) is 4.87. The topological polar surface area (TPSA) is 55.5 Å². The van der Waals surface area contributed by atoms with E-state index in [4.69, 9.17) is 10.5 Å². The zero-order chi connectivity index (χ0) is 12.5. The van der Waals surface area contributed by atoms with Gasteiger partial charge in [0.15, 0.2) is 0 Å². The van der Waals surface area contributed by atoms with Crippen LogP contribution in [-0.4, -0.2) is 30.5 Å². The summed E-state index contributed by atoms with van der Waals surface area (Å²) in [6, 6.07) is 0. The fraction of sp³-hybridized carbons (Fsp3) is 1.00. The lowest BCUT2D eigenvalue weighted by molar-refractivity contribution is -0.123. The van der Waals surface area contributed by atoms with Crippen LogP contribution in [0.2, 0.25) is 0 Å². The van der Waals surface area contributed by atoms with E-state index in [9.17, 15) is 5.11 Å². The molecule has 3 nitrogen and oxygen atoms in total. The van der Waals surface area contributed by atoms with Gasteiger partial charge in [-0.25, -0.2) is 0 Å². The molecule has 0 aromatic carbocycles. The fourth-order valence-corrected chi connectivity index (χ4v) is 3.67. The van der Waals surface area contributed by atoms with Gasteiger partial charge in [-0.15, -0.1) is 0 Å². The van der Waals surface area contributed by atoms with Crippen LogP contribution >= 0.6 is 0 Å². The summed E-state index contributed by atoms with van der Waals surface area (Å²) in [5.74, 6) is 1.29. The van der Waals surface area contributed by atoms with Crippen LogP contribution < -0.4 is 5.73 Å². The van der Waals surface area contributed by atoms with Gasteiger partial charge in [0.25, 0.3) is 0 Å². The van der Waals surface area contributed by atoms with Gasteiger partial charge in [0.1, 0.15) is 0 Å². The van der Waals surface area contributed by atoms with E-state index >= 15 is 0 Å². The summed E-state index contributed by atoms with van der Waals surface area (Å²) < 4.78 is 5.53. The molecule has 3 unspecified atom stereocenters. The molecular formula is C14H27NO2. The first-order valence-electron chi connectivity index (χ1n) is 7.03. The maximum atomic E-state index is 11.1. The summed E-state index contributed by atoms with van der Waals surface area (Å²) >= 11 is 0. The minimum Gasteiger partial charge on any atom is -0.389 e. The molecule has 1 saturated carbocycles. The van der Waals surface area contributed by atoms with Crippen LogP contribution in [0.15, 0.2) is 0 Å². The van der Waals surface area contributed by atoms with E-state index in [1.54, 1.807) is 0 Å². The van der Waals surface area contributed by atoms with Crippen LogP contribution in [0.3, 0.4) is 0 Å². The van der Waals surface area contributed by atoms with Gasteiger partial charge >= 0.3 is 0 Å². The lowest BCUT2D eigenvalue weighted by Gasteiger charge is -2.49. The van der Waals surface area contributed by atoms with Gasteiger partial charge in [0.2, 0.25) is 0 Å². The maximum Gasteiger partial charge on any atom is 0.0741 e. The molecule has 1 aliphatic carbocycles. The van der Waals surface area contributed by atoms with E-state index in [0.29, 0.717) is 25.0 Å². The van der Waals surface area contributed by atoms with E-state index in [-0.39, 0.29) is 5.41 Å². The van der Waals surface area contributed by atoms with Gasteiger partial charge in [-0.05, 0) is 37.5 Å². The molecule has 2 aliphatic rings. The van der Waals surface area contributed by atoms with Crippen LogP contribution in [0, 0.1) is 17.3 Å². The molecule has 1 aliphatic heterocycles. The normalized spacial score (nSPS) is 43.2. The summed E-state index contributed by atoms with van der Waals surface area (Å²) in [6.07, 6.45) is 5.11. The molecular weight excluding hydrogens is 214 g/mol. The molecule has 17 heavy (non-hydrogen) atoms. The first-order valence-corrected chi connectivity index (χ1v) is 7.03. The highest BCUT2D eigenvalue weighted by Gasteiger charge is 2.53. The van der Waals surface area contributed by atoms with Crippen molar-refractivity contribution in [2.45, 2.75) is 51.6 Å². The predicted molar refractivity (Wildman–Crippen MR) is 68.7 cm³/mol. The Morgan fingerprint density at radius 3 is 2.71 bits per heavy atom. The molecule has 0 spiro atoms. The van der Waals surface area contributed by atoms with Crippen molar-refractivity contribution in [1.82, 2.24) is 0 Å². The molecule has 1 saturated heterocycles. The van der Waals surface area contributed by atoms with Crippen molar-refractivity contribution >= 4 is 0 Å². The number of nitrogens with two attached hydrogens (primary N) is 1. The molecule has 0 aromatic rings. The van der Waals surface area contributed by atoms with Crippen molar-refractivity contribution < 1.29 is 9.84 Å². The number of rotatable bonds is 3. The average Bonchev–Trinajstić information content (AvgIpc) is 2.79. The number of aliphatic hydroxyl groups is 1. The van der Waals surface area contributed by atoms with Crippen LogP contribution in [0.25, 0.3) is 0 Å². The van der Waals surface area contributed by atoms with Gasteiger partial charge < -0.3 is 15.6 Å². The summed E-state index contributed by atoms with van der Waals surface area (Å²) in [5, 5.41) is 11.1. The first kappa shape index (κ1) is 13.3. The van der Waals surface area contributed by atoms with Gasteiger partial charge in [0, 0.05) is 18.6 Å². The zero-order valence-electron chi connectivity index (χ0n) is 11.2. The van der Waals surface area contributed by atoms with Crippen LogP contribution in [0.1, 0.15) is 46.0 Å². The Kier molecular flexibility index (Phi) is 3.81. The molecule has 1 heterocycles. The lowest BCUT2D eigenvalue weighted by atomic mass is 9.61. The molecule has 3 heteroatoms. The van der Waals surface area contributed by atoms with Crippen molar-refractivity contribution in [3.63, 3.8) is 0 Å². The predicted octanol–water partition coefficient (Wildman–Crippen LogP) is 1.93. The Labute approximate surface area is 105 Å². The van der Waals surface area contributed by atoms with Crippen LogP contribution in [-0.2, 0) is 4.74 Å². The third-order valence-electron chi connectivity index (χ3n) is 5.19. The van der Waals surface area contributed by atoms with Crippen molar-refractivity contribution in [3.05, 3.63) is 0 Å². The molecule has 0 amide bonds. The van der Waals surface area contributed by atoms with Gasteiger partial charge in [-0.2, -0.15) is 0 Å². The Morgan fingerprint density at radius 1 is 1.41 bits per heavy atom. The number of hydrogen-bond donors (Lipinski definition) is 2. The Balaban J connectivity index is 2.16. The maximum absolute atomic E-state index is 11.1. The third-order valence-corrected chi connectivity index (χ3v) is 5.19. The van der Waals surface area contributed by atoms with Crippen LogP contribution in [0.4, 0.5) is 0 Å². The minimum absolute atomic E-state index is 0.180. The van der Waals surface area contributed by atoms with Gasteiger partial charge in [-0.3, -0.25) is 0 Å². The molecule has 100 valence electrons. The molecule has 2 fully saturated rings. The largest absolute Gasteiger partial charge is 0.389 e. The second-order valence-electron chi connectivity index (χ2n) is 6.42. The van der Waals surface area contributed by atoms with Crippen molar-refractivity contribution in [3.8, 4) is 0 Å². The van der Waals surface area contributed by atoms with E-state index in [0.717, 1.165) is 32.3 Å². The molecule has 3 atom stereocenters. The average molecular weight is 241 g/mol. The SMILES string of the molecule is CC(C)C1CCCC(O)(C2(CN)CCOC2)C1. The number of hydrogen-bond acceptors (Lipinski definition) is 3. The second-order valence-corrected chi connectivity index (χ2v) is 6.42. The highest BCUT2D eigenvalue weighted by atomic mass is 16.5. The summed E-state index contributed by atoms with van der Waals surface area (Å²) in [4.78, 5) is 0. The minimum atomic E-state index is -0.592. The van der Waals surface area contributed by atoms with E-state index in [1.165, 1.54) is 6.42 Å². The highest BCUT2D eigenvalue weighted by Crippen LogP contribution is 2.49. The Bertz CT molecular complexity index is 261. The smallest absolute Gasteiger partial charge is 0.0741 e. The van der Waals surface area contributed by atoms with E-state index in [1.807, 2.05) is 0 Å². The summed E-state index contributed by atoms with van der Waals surface area (Å²) in [6.45, 7) is 6.47.